The number of carbonyl (C=O) groups excluding carboxylic acids is 1. The lowest BCUT2D eigenvalue weighted by atomic mass is 10.7. The molecule has 0 radical (unpaired) electrons. The molecule has 0 aliphatic carbocycles. The fourth-order valence-electron chi connectivity index (χ4n) is 1.64. The molecule has 17 heteroatoms. The van der Waals surface area contributed by atoms with Gasteiger partial charge in [0.15, 0.2) is 0 Å². The molecule has 0 aromatic heterocycles. The van der Waals surface area contributed by atoms with Crippen LogP contribution in [-0.2, 0) is 24.3 Å². The first-order chi connectivity index (χ1) is 17.8. The Bertz CT molecular complexity index is 530. The largest absolute Gasteiger partial charge is 0.449 e. The molecule has 0 rings (SSSR count). The van der Waals surface area contributed by atoms with Gasteiger partial charge in [-0.15, -0.1) is 70.6 Å². The lowest BCUT2D eigenvalue weighted by Crippen LogP contribution is -2.27. The molecule has 0 saturated heterocycles. The van der Waals surface area contributed by atoms with Crippen LogP contribution < -0.4 is 5.32 Å². The Balaban J connectivity index is 3.22. The number of amides is 1. The van der Waals surface area contributed by atoms with Gasteiger partial charge in [-0.2, -0.15) is 21.5 Å². The van der Waals surface area contributed by atoms with E-state index in [1.165, 1.54) is 36.3 Å². The zero-order valence-electron chi connectivity index (χ0n) is 20.4. The second-order valence-electron chi connectivity index (χ2n) is 5.85. The standard InChI is InChI=1S/C19H37N3O7S7/c1-30-7-2-20-12-27-26-6-11-34-17-33-10-5-25-19(24)22-4-9-32-16-31-8-3-21-13-28-29-15-36-18-35-14-23/h12-13,23H,2-11,14-18H2,1H3,(H,22,24). The third-order valence-electron chi connectivity index (χ3n) is 3.17. The van der Waals surface area contributed by atoms with E-state index in [1.54, 1.807) is 58.8 Å². The summed E-state index contributed by atoms with van der Waals surface area (Å²) in [6, 6.07) is 0. The molecule has 0 aliphatic rings. The van der Waals surface area contributed by atoms with Crippen LogP contribution in [0.3, 0.4) is 0 Å². The van der Waals surface area contributed by atoms with Crippen LogP contribution in [0.25, 0.3) is 0 Å². The number of aliphatic hydroxyl groups excluding tert-OH is 1. The minimum Gasteiger partial charge on any atom is -0.449 e. The number of hydrogen-bond acceptors (Lipinski definition) is 16. The molecule has 0 aromatic carbocycles. The van der Waals surface area contributed by atoms with Crippen molar-refractivity contribution in [3.63, 3.8) is 0 Å². The number of carbonyl (C=O) groups is 1. The van der Waals surface area contributed by atoms with Crippen LogP contribution in [0.1, 0.15) is 0 Å². The smallest absolute Gasteiger partial charge is 0.407 e. The highest BCUT2D eigenvalue weighted by molar-refractivity contribution is 8.16. The third kappa shape index (κ3) is 32.6. The van der Waals surface area contributed by atoms with Gasteiger partial charge >= 0.3 is 6.09 Å². The SMILES string of the molecule is CSCCN=COOCCSCSCCOC(=O)NCCSCSCCN=COOCSCSCO. The fraction of sp³-hybridized carbons (Fsp3) is 0.842. The minimum atomic E-state index is -0.372. The number of hydrogen-bond donors (Lipinski definition) is 2. The molecule has 0 unspecified atom stereocenters. The Morgan fingerprint density at radius 3 is 2.19 bits per heavy atom. The molecule has 0 fully saturated rings. The molecule has 0 aromatic rings. The number of aliphatic hydroxyl groups is 1. The summed E-state index contributed by atoms with van der Waals surface area (Å²) in [7, 11) is 0. The van der Waals surface area contributed by atoms with Gasteiger partial charge in [-0.25, -0.2) is 4.79 Å². The predicted molar refractivity (Wildman–Crippen MR) is 165 cm³/mol. The predicted octanol–water partition coefficient (Wildman–Crippen LogP) is 4.21. The Kier molecular flexibility index (Phi) is 34.1. The first-order valence-corrected chi connectivity index (χ1v) is 19.1. The monoisotopic (exact) mass is 643 g/mol. The van der Waals surface area contributed by atoms with E-state index < -0.39 is 0 Å². The third-order valence-corrected chi connectivity index (χ3v) is 10.1. The van der Waals surface area contributed by atoms with Crippen molar-refractivity contribution in [2.45, 2.75) is 0 Å². The van der Waals surface area contributed by atoms with Crippen LogP contribution in [0.15, 0.2) is 9.98 Å². The van der Waals surface area contributed by atoms with Crippen LogP contribution in [-0.4, -0.2) is 119 Å². The molecular formula is C19H37N3O7S7. The van der Waals surface area contributed by atoms with Crippen molar-refractivity contribution in [1.82, 2.24) is 5.32 Å². The number of alkyl carbamates (subject to hydrolysis) is 1. The first-order valence-electron chi connectivity index (χ1n) is 10.8. The highest BCUT2D eigenvalue weighted by Crippen LogP contribution is 2.12. The van der Waals surface area contributed by atoms with Gasteiger partial charge in [0.2, 0.25) is 12.8 Å². The van der Waals surface area contributed by atoms with E-state index in [0.717, 1.165) is 50.6 Å². The zero-order valence-corrected chi connectivity index (χ0v) is 26.1. The van der Waals surface area contributed by atoms with Crippen LogP contribution in [0, 0.1) is 0 Å². The van der Waals surface area contributed by atoms with Crippen molar-refractivity contribution < 1.29 is 34.2 Å². The van der Waals surface area contributed by atoms with Gasteiger partial charge in [0.1, 0.15) is 19.2 Å². The quantitative estimate of drug-likeness (QED) is 0.0316. The van der Waals surface area contributed by atoms with E-state index in [4.69, 9.17) is 29.4 Å². The topological polar surface area (TPSA) is 120 Å². The van der Waals surface area contributed by atoms with Crippen LogP contribution in [0.5, 0.6) is 0 Å². The van der Waals surface area contributed by atoms with Gasteiger partial charge in [-0.05, 0) is 6.26 Å². The number of thioether (sulfide) groups is 7. The van der Waals surface area contributed by atoms with Gasteiger partial charge in [0.05, 0.1) is 19.0 Å². The molecule has 0 atom stereocenters. The lowest BCUT2D eigenvalue weighted by molar-refractivity contribution is -0.210. The number of aliphatic imine (C=N–C) groups is 2. The molecule has 1 amide bonds. The Hall–Kier alpha value is 0.540. The van der Waals surface area contributed by atoms with Crippen LogP contribution in [0.2, 0.25) is 0 Å². The molecule has 2 N–H and O–H groups in total. The Labute approximate surface area is 244 Å². The summed E-state index contributed by atoms with van der Waals surface area (Å²) in [5.74, 6) is 4.77. The van der Waals surface area contributed by atoms with Gasteiger partial charge in [0.25, 0.3) is 0 Å². The van der Waals surface area contributed by atoms with Crippen LogP contribution in [0.4, 0.5) is 4.79 Å². The van der Waals surface area contributed by atoms with E-state index in [-0.39, 0.29) is 12.0 Å². The van der Waals surface area contributed by atoms with Crippen molar-refractivity contribution in [2.24, 2.45) is 9.98 Å². The second-order valence-corrected chi connectivity index (χ2v) is 14.2. The van der Waals surface area contributed by atoms with Crippen molar-refractivity contribution in [3.8, 4) is 0 Å². The van der Waals surface area contributed by atoms with Crippen molar-refractivity contribution in [2.75, 3.05) is 95.0 Å². The average Bonchev–Trinajstić information content (AvgIpc) is 2.88. The molecule has 0 heterocycles. The minimum absolute atomic E-state index is 0.110. The van der Waals surface area contributed by atoms with Gasteiger partial charge in [-0.1, -0.05) is 0 Å². The summed E-state index contributed by atoms with van der Waals surface area (Å²) in [4.78, 5) is 39.3. The Morgan fingerprint density at radius 1 is 0.806 bits per heavy atom. The van der Waals surface area contributed by atoms with E-state index in [2.05, 4.69) is 15.3 Å². The van der Waals surface area contributed by atoms with Crippen molar-refractivity contribution in [1.29, 1.82) is 0 Å². The molecule has 212 valence electrons. The summed E-state index contributed by atoms with van der Waals surface area (Å²) in [6.07, 6.45) is 4.31. The maximum Gasteiger partial charge on any atom is 0.407 e. The molecule has 0 saturated carbocycles. The molecule has 0 spiro atoms. The van der Waals surface area contributed by atoms with Crippen LogP contribution >= 0.6 is 82.3 Å². The second kappa shape index (κ2) is 33.6. The summed E-state index contributed by atoms with van der Waals surface area (Å²) in [6.45, 7) is 2.85. The summed E-state index contributed by atoms with van der Waals surface area (Å²) in [5.41, 5.74) is 0. The zero-order chi connectivity index (χ0) is 26.2. The van der Waals surface area contributed by atoms with Crippen molar-refractivity contribution >= 4 is 101 Å². The Morgan fingerprint density at radius 2 is 1.44 bits per heavy atom. The number of ether oxygens (including phenoxy) is 1. The first kappa shape index (κ1) is 36.5. The lowest BCUT2D eigenvalue weighted by Gasteiger charge is -2.07. The van der Waals surface area contributed by atoms with E-state index in [0.29, 0.717) is 32.2 Å². The molecule has 36 heavy (non-hydrogen) atoms. The van der Waals surface area contributed by atoms with Gasteiger partial charge < -0.3 is 24.9 Å². The maximum atomic E-state index is 11.7. The summed E-state index contributed by atoms with van der Waals surface area (Å²) < 4.78 is 5.16. The molecule has 0 bridgehead atoms. The molecule has 10 nitrogen and oxygen atoms in total. The van der Waals surface area contributed by atoms with Gasteiger partial charge in [-0.3, -0.25) is 9.98 Å². The molecular weight excluding hydrogens is 607 g/mol. The molecule has 0 aliphatic heterocycles. The maximum absolute atomic E-state index is 11.7. The van der Waals surface area contributed by atoms with Gasteiger partial charge in [0, 0.05) is 50.6 Å². The van der Waals surface area contributed by atoms with E-state index >= 15 is 0 Å². The van der Waals surface area contributed by atoms with E-state index in [1.807, 2.05) is 6.26 Å². The van der Waals surface area contributed by atoms with Crippen molar-refractivity contribution in [3.05, 3.63) is 0 Å². The summed E-state index contributed by atoms with van der Waals surface area (Å²) >= 11 is 11.6. The number of nitrogens with zero attached hydrogens (tertiary/aromatic N) is 2. The fourth-order valence-corrected chi connectivity index (χ4v) is 6.79. The normalized spacial score (nSPS) is 11.4. The number of nitrogens with one attached hydrogen (secondary N) is 1. The number of rotatable bonds is 28. The highest BCUT2D eigenvalue weighted by Gasteiger charge is 2.01. The van der Waals surface area contributed by atoms with E-state index in [9.17, 15) is 4.79 Å². The summed E-state index contributed by atoms with van der Waals surface area (Å²) in [5, 5.41) is 14.0. The average molecular weight is 644 g/mol. The highest BCUT2D eigenvalue weighted by atomic mass is 32.2.